The van der Waals surface area contributed by atoms with Crippen LogP contribution in [0.3, 0.4) is 0 Å². The minimum atomic E-state index is -0.440. The van der Waals surface area contributed by atoms with Crippen LogP contribution < -0.4 is 16.2 Å². The molecular formula is C17H20N4O3S. The van der Waals surface area contributed by atoms with Crippen molar-refractivity contribution in [1.82, 2.24) is 9.97 Å². The van der Waals surface area contributed by atoms with Crippen molar-refractivity contribution in [2.75, 3.05) is 10.6 Å². The number of hydrogen-bond donors (Lipinski definition) is 3. The molecular weight excluding hydrogens is 340 g/mol. The summed E-state index contributed by atoms with van der Waals surface area (Å²) in [5.74, 6) is -0.362. The molecule has 2 rings (SSSR count). The third kappa shape index (κ3) is 5.75. The molecule has 0 aliphatic rings. The molecule has 0 saturated carbocycles. The Hall–Kier alpha value is -2.61. The SMILES string of the molecule is CCc1cc(=O)[nH]c(SC(C)C(=O)Nc2ccc(NC(C)=O)cc2)n1. The maximum Gasteiger partial charge on any atom is 0.251 e. The highest BCUT2D eigenvalue weighted by molar-refractivity contribution is 8.00. The molecule has 2 amide bonds. The van der Waals surface area contributed by atoms with Gasteiger partial charge in [0.05, 0.1) is 5.25 Å². The highest BCUT2D eigenvalue weighted by atomic mass is 32.2. The van der Waals surface area contributed by atoms with E-state index in [1.54, 1.807) is 31.2 Å². The molecule has 1 aromatic heterocycles. The number of aryl methyl sites for hydroxylation is 1. The number of hydrogen-bond acceptors (Lipinski definition) is 5. The van der Waals surface area contributed by atoms with E-state index in [2.05, 4.69) is 20.6 Å². The van der Waals surface area contributed by atoms with Gasteiger partial charge in [0.15, 0.2) is 5.16 Å². The smallest absolute Gasteiger partial charge is 0.251 e. The highest BCUT2D eigenvalue weighted by Crippen LogP contribution is 2.21. The largest absolute Gasteiger partial charge is 0.326 e. The van der Waals surface area contributed by atoms with Crippen LogP contribution in [0.4, 0.5) is 11.4 Å². The summed E-state index contributed by atoms with van der Waals surface area (Å²) in [7, 11) is 0. The van der Waals surface area contributed by atoms with E-state index in [4.69, 9.17) is 0 Å². The molecule has 0 radical (unpaired) electrons. The van der Waals surface area contributed by atoms with Crippen molar-refractivity contribution in [2.45, 2.75) is 37.6 Å². The fourth-order valence-electron chi connectivity index (χ4n) is 2.03. The lowest BCUT2D eigenvalue weighted by atomic mass is 10.2. The molecule has 0 spiro atoms. The second-order valence-electron chi connectivity index (χ2n) is 5.40. The maximum absolute atomic E-state index is 12.3. The number of rotatable bonds is 6. The molecule has 8 heteroatoms. The van der Waals surface area contributed by atoms with Gasteiger partial charge in [0.1, 0.15) is 0 Å². The Morgan fingerprint density at radius 1 is 1.20 bits per heavy atom. The zero-order chi connectivity index (χ0) is 18.4. The molecule has 1 atom stereocenters. The number of aromatic amines is 1. The van der Waals surface area contributed by atoms with Crippen LogP contribution in [0.15, 0.2) is 40.3 Å². The monoisotopic (exact) mass is 360 g/mol. The Morgan fingerprint density at radius 2 is 1.80 bits per heavy atom. The number of carbonyl (C=O) groups excluding carboxylic acids is 2. The van der Waals surface area contributed by atoms with E-state index in [9.17, 15) is 14.4 Å². The summed E-state index contributed by atoms with van der Waals surface area (Å²) in [6, 6.07) is 8.28. The average Bonchev–Trinajstić information content (AvgIpc) is 2.55. The Labute approximate surface area is 149 Å². The molecule has 0 aliphatic heterocycles. The molecule has 25 heavy (non-hydrogen) atoms. The number of H-pyrrole nitrogens is 1. The Balaban J connectivity index is 1.99. The van der Waals surface area contributed by atoms with Crippen LogP contribution in [0.5, 0.6) is 0 Å². The first kappa shape index (κ1) is 18.7. The summed E-state index contributed by atoms with van der Waals surface area (Å²) in [5.41, 5.74) is 1.74. The molecule has 2 aromatic rings. The first-order valence-corrected chi connectivity index (χ1v) is 8.70. The van der Waals surface area contributed by atoms with Gasteiger partial charge in [-0.05, 0) is 37.6 Å². The second-order valence-corrected chi connectivity index (χ2v) is 6.73. The van der Waals surface area contributed by atoms with Gasteiger partial charge < -0.3 is 15.6 Å². The molecule has 1 heterocycles. The molecule has 0 bridgehead atoms. The topological polar surface area (TPSA) is 104 Å². The Morgan fingerprint density at radius 3 is 2.36 bits per heavy atom. The van der Waals surface area contributed by atoms with E-state index < -0.39 is 5.25 Å². The predicted molar refractivity (Wildman–Crippen MR) is 98.9 cm³/mol. The molecule has 0 fully saturated rings. The number of nitrogens with one attached hydrogen (secondary N) is 3. The number of anilines is 2. The summed E-state index contributed by atoms with van der Waals surface area (Å²) in [6.45, 7) is 5.09. The first-order valence-electron chi connectivity index (χ1n) is 7.82. The van der Waals surface area contributed by atoms with Gasteiger partial charge in [-0.3, -0.25) is 14.4 Å². The Kier molecular flexibility index (Phi) is 6.35. The van der Waals surface area contributed by atoms with Gasteiger partial charge in [0.25, 0.3) is 5.56 Å². The summed E-state index contributed by atoms with van der Waals surface area (Å²) in [5, 5.41) is 5.44. The quantitative estimate of drug-likeness (QED) is 0.542. The number of nitrogens with zero attached hydrogens (tertiary/aromatic N) is 1. The van der Waals surface area contributed by atoms with Crippen molar-refractivity contribution in [2.24, 2.45) is 0 Å². The molecule has 3 N–H and O–H groups in total. The van der Waals surface area contributed by atoms with Crippen LogP contribution in [0.2, 0.25) is 0 Å². The van der Waals surface area contributed by atoms with Gasteiger partial charge in [-0.25, -0.2) is 4.98 Å². The number of thioether (sulfide) groups is 1. The molecule has 7 nitrogen and oxygen atoms in total. The van der Waals surface area contributed by atoms with E-state index in [1.165, 1.54) is 24.8 Å². The normalized spacial score (nSPS) is 11.6. The third-order valence-corrected chi connectivity index (χ3v) is 4.25. The van der Waals surface area contributed by atoms with Crippen LogP contribution in [0, 0.1) is 0 Å². The van der Waals surface area contributed by atoms with Crippen LogP contribution in [-0.4, -0.2) is 27.0 Å². The minimum absolute atomic E-state index is 0.155. The van der Waals surface area contributed by atoms with Crippen LogP contribution in [0.1, 0.15) is 26.5 Å². The van der Waals surface area contributed by atoms with Crippen molar-refractivity contribution in [3.8, 4) is 0 Å². The van der Waals surface area contributed by atoms with E-state index in [0.717, 1.165) is 0 Å². The molecule has 132 valence electrons. The lowest BCUT2D eigenvalue weighted by Gasteiger charge is -2.12. The van der Waals surface area contributed by atoms with Gasteiger partial charge in [0.2, 0.25) is 11.8 Å². The highest BCUT2D eigenvalue weighted by Gasteiger charge is 2.16. The fourth-order valence-corrected chi connectivity index (χ4v) is 2.86. The number of amides is 2. The second kappa shape index (κ2) is 8.48. The molecule has 1 aromatic carbocycles. The first-order chi connectivity index (χ1) is 11.9. The van der Waals surface area contributed by atoms with Crippen molar-refractivity contribution < 1.29 is 9.59 Å². The summed E-state index contributed by atoms with van der Waals surface area (Å²) in [6.07, 6.45) is 0.651. The lowest BCUT2D eigenvalue weighted by Crippen LogP contribution is -2.23. The standard InChI is InChI=1S/C17H20N4O3S/c1-4-12-9-15(23)21-17(20-12)25-10(2)16(24)19-14-7-5-13(6-8-14)18-11(3)22/h5-10H,4H2,1-3H3,(H,18,22)(H,19,24)(H,20,21,23). The van der Waals surface area contributed by atoms with Gasteiger partial charge in [-0.15, -0.1) is 0 Å². The zero-order valence-corrected chi connectivity index (χ0v) is 15.1. The van der Waals surface area contributed by atoms with Gasteiger partial charge >= 0.3 is 0 Å². The Bertz CT molecular complexity index is 817. The minimum Gasteiger partial charge on any atom is -0.326 e. The van der Waals surface area contributed by atoms with E-state index in [-0.39, 0.29) is 17.4 Å². The van der Waals surface area contributed by atoms with E-state index >= 15 is 0 Å². The molecule has 1 unspecified atom stereocenters. The molecule has 0 aliphatic carbocycles. The van der Waals surface area contributed by atoms with Gasteiger partial charge in [-0.1, -0.05) is 18.7 Å². The number of benzene rings is 1. The van der Waals surface area contributed by atoms with E-state index in [0.29, 0.717) is 28.6 Å². The van der Waals surface area contributed by atoms with Crippen molar-refractivity contribution in [1.29, 1.82) is 0 Å². The zero-order valence-electron chi connectivity index (χ0n) is 14.3. The number of carbonyl (C=O) groups is 2. The van der Waals surface area contributed by atoms with Crippen LogP contribution >= 0.6 is 11.8 Å². The van der Waals surface area contributed by atoms with Crippen molar-refractivity contribution >= 4 is 35.0 Å². The van der Waals surface area contributed by atoms with Crippen LogP contribution in [0.25, 0.3) is 0 Å². The lowest BCUT2D eigenvalue weighted by molar-refractivity contribution is -0.115. The van der Waals surface area contributed by atoms with E-state index in [1.807, 2.05) is 6.92 Å². The summed E-state index contributed by atoms with van der Waals surface area (Å²) >= 11 is 1.19. The van der Waals surface area contributed by atoms with Crippen LogP contribution in [-0.2, 0) is 16.0 Å². The summed E-state index contributed by atoms with van der Waals surface area (Å²) in [4.78, 5) is 41.8. The van der Waals surface area contributed by atoms with Gasteiger partial charge in [0, 0.05) is 30.1 Å². The molecule has 0 saturated heterocycles. The van der Waals surface area contributed by atoms with Gasteiger partial charge in [-0.2, -0.15) is 0 Å². The summed E-state index contributed by atoms with van der Waals surface area (Å²) < 4.78 is 0. The van der Waals surface area contributed by atoms with Crippen molar-refractivity contribution in [3.05, 3.63) is 46.4 Å². The average molecular weight is 360 g/mol. The number of aromatic nitrogens is 2. The third-order valence-electron chi connectivity index (χ3n) is 3.27. The maximum atomic E-state index is 12.3. The fraction of sp³-hybridized carbons (Fsp3) is 0.294. The van der Waals surface area contributed by atoms with Crippen molar-refractivity contribution in [3.63, 3.8) is 0 Å². The predicted octanol–water partition coefficient (Wildman–Crippen LogP) is 2.41.